The summed E-state index contributed by atoms with van der Waals surface area (Å²) in [5, 5.41) is 4.87. The number of rotatable bonds is 1. The molecule has 0 atom stereocenters. The van der Waals surface area contributed by atoms with E-state index in [0.717, 1.165) is 23.5 Å². The average Bonchev–Trinajstić information content (AvgIpc) is 3.18. The van der Waals surface area contributed by atoms with Crippen LogP contribution >= 0.6 is 0 Å². The number of anilines is 1. The normalized spacial score (nSPS) is 14.7. The van der Waals surface area contributed by atoms with Crippen molar-refractivity contribution in [1.82, 2.24) is 4.90 Å². The Bertz CT molecular complexity index is 1080. The molecule has 0 unspecified atom stereocenters. The Morgan fingerprint density at radius 2 is 1.74 bits per heavy atom. The van der Waals surface area contributed by atoms with Gasteiger partial charge in [0.05, 0.1) is 12.4 Å². The van der Waals surface area contributed by atoms with Crippen LogP contribution in [0, 0.1) is 0 Å². The SMILES string of the molecule is CN1C=CN(c2cccc3c2oc2ccc4ccccc4c23)C1. The van der Waals surface area contributed by atoms with E-state index in [1.165, 1.54) is 21.5 Å². The van der Waals surface area contributed by atoms with Crippen molar-refractivity contribution in [2.45, 2.75) is 0 Å². The predicted octanol–water partition coefficient (Wildman–Crippen LogP) is 4.92. The number of nitrogens with zero attached hydrogens (tertiary/aromatic N) is 2. The van der Waals surface area contributed by atoms with Crippen LogP contribution in [0.25, 0.3) is 32.7 Å². The van der Waals surface area contributed by atoms with Gasteiger partial charge in [-0.15, -0.1) is 0 Å². The highest BCUT2D eigenvalue weighted by Gasteiger charge is 2.18. The van der Waals surface area contributed by atoms with Crippen molar-refractivity contribution in [2.75, 3.05) is 18.6 Å². The summed E-state index contributed by atoms with van der Waals surface area (Å²) in [7, 11) is 2.07. The lowest BCUT2D eigenvalue weighted by molar-refractivity contribution is 0.495. The molecule has 0 spiro atoms. The minimum atomic E-state index is 0.844. The first kappa shape index (κ1) is 12.6. The van der Waals surface area contributed by atoms with Crippen molar-refractivity contribution in [3.05, 3.63) is 67.0 Å². The Morgan fingerprint density at radius 3 is 2.61 bits per heavy atom. The van der Waals surface area contributed by atoms with E-state index in [-0.39, 0.29) is 0 Å². The molecule has 3 nitrogen and oxygen atoms in total. The van der Waals surface area contributed by atoms with E-state index in [1.807, 2.05) is 0 Å². The van der Waals surface area contributed by atoms with Crippen molar-refractivity contribution < 1.29 is 4.42 Å². The monoisotopic (exact) mass is 300 g/mol. The van der Waals surface area contributed by atoms with Gasteiger partial charge in [-0.05, 0) is 22.9 Å². The third-order valence-corrected chi connectivity index (χ3v) is 4.55. The van der Waals surface area contributed by atoms with Gasteiger partial charge in [0.15, 0.2) is 5.58 Å². The minimum Gasteiger partial charge on any atom is -0.454 e. The molecule has 2 heterocycles. The average molecular weight is 300 g/mol. The molecule has 4 aromatic rings. The van der Waals surface area contributed by atoms with Crippen LogP contribution in [0.15, 0.2) is 71.4 Å². The van der Waals surface area contributed by atoms with E-state index < -0.39 is 0 Å². The summed E-state index contributed by atoms with van der Waals surface area (Å²) < 4.78 is 6.25. The zero-order valence-electron chi connectivity index (χ0n) is 12.9. The molecule has 0 saturated carbocycles. The lowest BCUT2D eigenvalue weighted by atomic mass is 10.0. The largest absolute Gasteiger partial charge is 0.454 e. The van der Waals surface area contributed by atoms with E-state index in [9.17, 15) is 0 Å². The second kappa shape index (κ2) is 4.53. The third kappa shape index (κ3) is 1.77. The molecule has 1 aromatic heterocycles. The Morgan fingerprint density at radius 1 is 0.870 bits per heavy atom. The predicted molar refractivity (Wildman–Crippen MR) is 95.5 cm³/mol. The summed E-state index contributed by atoms with van der Waals surface area (Å²) in [5.41, 5.74) is 3.02. The van der Waals surface area contributed by atoms with Gasteiger partial charge in [-0.25, -0.2) is 0 Å². The molecule has 0 bridgehead atoms. The second-order valence-corrected chi connectivity index (χ2v) is 6.08. The molecule has 0 amide bonds. The number of benzene rings is 3. The molecule has 3 heteroatoms. The maximum atomic E-state index is 6.25. The lowest BCUT2D eigenvalue weighted by Crippen LogP contribution is -2.21. The van der Waals surface area contributed by atoms with Gasteiger partial charge in [-0.2, -0.15) is 0 Å². The van der Waals surface area contributed by atoms with Crippen LogP contribution in [-0.4, -0.2) is 18.6 Å². The van der Waals surface area contributed by atoms with E-state index in [0.29, 0.717) is 0 Å². The molecule has 0 saturated heterocycles. The zero-order chi connectivity index (χ0) is 15.4. The highest BCUT2D eigenvalue weighted by atomic mass is 16.3. The summed E-state index contributed by atoms with van der Waals surface area (Å²) in [6.07, 6.45) is 4.18. The second-order valence-electron chi connectivity index (χ2n) is 6.08. The van der Waals surface area contributed by atoms with Crippen LogP contribution in [0.1, 0.15) is 0 Å². The Kier molecular flexibility index (Phi) is 2.48. The van der Waals surface area contributed by atoms with E-state index in [1.54, 1.807) is 0 Å². The zero-order valence-corrected chi connectivity index (χ0v) is 12.9. The molecule has 112 valence electrons. The molecule has 1 aliphatic heterocycles. The molecule has 0 radical (unpaired) electrons. The Balaban J connectivity index is 1.87. The highest BCUT2D eigenvalue weighted by Crippen LogP contribution is 2.39. The first-order valence-electron chi connectivity index (χ1n) is 7.79. The molecule has 23 heavy (non-hydrogen) atoms. The van der Waals surface area contributed by atoms with Crippen LogP contribution < -0.4 is 4.90 Å². The quantitative estimate of drug-likeness (QED) is 0.497. The van der Waals surface area contributed by atoms with Gasteiger partial charge in [-0.3, -0.25) is 0 Å². The number of furan rings is 1. The van der Waals surface area contributed by atoms with Crippen LogP contribution in [-0.2, 0) is 0 Å². The Hall–Kier alpha value is -2.94. The molecule has 5 rings (SSSR count). The molecule has 1 aliphatic rings. The van der Waals surface area contributed by atoms with Crippen LogP contribution in [0.4, 0.5) is 5.69 Å². The third-order valence-electron chi connectivity index (χ3n) is 4.55. The van der Waals surface area contributed by atoms with Gasteiger partial charge in [0, 0.05) is 30.2 Å². The highest BCUT2D eigenvalue weighted by molar-refractivity contribution is 6.20. The first-order chi connectivity index (χ1) is 11.3. The van der Waals surface area contributed by atoms with E-state index in [2.05, 4.69) is 83.8 Å². The number of hydrogen-bond donors (Lipinski definition) is 0. The summed E-state index contributed by atoms with van der Waals surface area (Å²) in [6.45, 7) is 0.844. The van der Waals surface area contributed by atoms with Gasteiger partial charge in [0.1, 0.15) is 5.58 Å². The van der Waals surface area contributed by atoms with Gasteiger partial charge in [0.25, 0.3) is 0 Å². The van der Waals surface area contributed by atoms with Crippen molar-refractivity contribution in [3.8, 4) is 0 Å². The molecule has 0 N–H and O–H groups in total. The molecule has 0 aliphatic carbocycles. The first-order valence-corrected chi connectivity index (χ1v) is 7.79. The maximum absolute atomic E-state index is 6.25. The van der Waals surface area contributed by atoms with Crippen molar-refractivity contribution in [1.29, 1.82) is 0 Å². The smallest absolute Gasteiger partial charge is 0.159 e. The van der Waals surface area contributed by atoms with Crippen LogP contribution in [0.2, 0.25) is 0 Å². The lowest BCUT2D eigenvalue weighted by Gasteiger charge is -2.18. The van der Waals surface area contributed by atoms with Gasteiger partial charge < -0.3 is 14.2 Å². The van der Waals surface area contributed by atoms with Gasteiger partial charge >= 0.3 is 0 Å². The maximum Gasteiger partial charge on any atom is 0.159 e. The van der Waals surface area contributed by atoms with E-state index >= 15 is 0 Å². The minimum absolute atomic E-state index is 0.844. The number of fused-ring (bicyclic) bond motifs is 5. The molecular weight excluding hydrogens is 284 g/mol. The van der Waals surface area contributed by atoms with Gasteiger partial charge in [0.2, 0.25) is 0 Å². The molecule has 0 fully saturated rings. The van der Waals surface area contributed by atoms with Crippen LogP contribution in [0.3, 0.4) is 0 Å². The number of hydrogen-bond acceptors (Lipinski definition) is 3. The summed E-state index contributed by atoms with van der Waals surface area (Å²) >= 11 is 0. The van der Waals surface area contributed by atoms with Crippen molar-refractivity contribution in [3.63, 3.8) is 0 Å². The Labute approximate surface area is 134 Å². The fourth-order valence-corrected chi connectivity index (χ4v) is 3.46. The number of para-hydroxylation sites is 1. The standard InChI is InChI=1S/C20H16N2O/c1-21-11-12-22(13-21)17-8-4-7-16-19-15-6-3-2-5-14(15)9-10-18(19)23-20(16)17/h2-12H,13H2,1H3. The fraction of sp³-hybridized carbons (Fsp3) is 0.100. The summed E-state index contributed by atoms with van der Waals surface area (Å²) in [5.74, 6) is 0. The topological polar surface area (TPSA) is 19.6 Å². The van der Waals surface area contributed by atoms with Crippen molar-refractivity contribution >= 4 is 38.4 Å². The molecular formula is C20H16N2O. The summed E-state index contributed by atoms with van der Waals surface area (Å²) in [6, 6.07) is 19.1. The molecule has 3 aromatic carbocycles. The fourth-order valence-electron chi connectivity index (χ4n) is 3.46. The van der Waals surface area contributed by atoms with E-state index in [4.69, 9.17) is 4.42 Å². The van der Waals surface area contributed by atoms with Gasteiger partial charge in [-0.1, -0.05) is 42.5 Å². The summed E-state index contributed by atoms with van der Waals surface area (Å²) in [4.78, 5) is 4.36. The van der Waals surface area contributed by atoms with Crippen molar-refractivity contribution in [2.24, 2.45) is 0 Å². The van der Waals surface area contributed by atoms with Crippen LogP contribution in [0.5, 0.6) is 0 Å².